The molecule has 9 heteroatoms. The lowest BCUT2D eigenvalue weighted by molar-refractivity contribution is -0.137. The second kappa shape index (κ2) is 14.7. The third-order valence-electron chi connectivity index (χ3n) is 7.40. The maximum absolute atomic E-state index is 13.2. The summed E-state index contributed by atoms with van der Waals surface area (Å²) in [7, 11) is 3.91. The third-order valence-corrected chi connectivity index (χ3v) is 7.40. The molecule has 0 spiro atoms. The van der Waals surface area contributed by atoms with Gasteiger partial charge in [-0.1, -0.05) is 67.6 Å². The van der Waals surface area contributed by atoms with Gasteiger partial charge in [-0.2, -0.15) is 13.2 Å². The van der Waals surface area contributed by atoms with Crippen LogP contribution in [0.1, 0.15) is 40.9 Å². The Balaban J connectivity index is 1.39. The highest BCUT2D eigenvalue weighted by molar-refractivity contribution is 6.08. The number of halogens is 3. The zero-order valence-electron chi connectivity index (χ0n) is 25.1. The smallest absolute Gasteiger partial charge is 0.373 e. The molecule has 0 heterocycles. The van der Waals surface area contributed by atoms with Crippen molar-refractivity contribution in [1.82, 2.24) is 10.2 Å². The second-order valence-corrected chi connectivity index (χ2v) is 10.6. The van der Waals surface area contributed by atoms with Gasteiger partial charge < -0.3 is 15.5 Å². The lowest BCUT2D eigenvalue weighted by Gasteiger charge is -2.30. The van der Waals surface area contributed by atoms with E-state index in [1.165, 1.54) is 12.1 Å². The number of hydrogen-bond donors (Lipinski definition) is 2. The highest BCUT2D eigenvalue weighted by Gasteiger charge is 2.30. The van der Waals surface area contributed by atoms with Crippen LogP contribution < -0.4 is 15.5 Å². The van der Waals surface area contributed by atoms with Crippen molar-refractivity contribution in [2.75, 3.05) is 43.9 Å². The summed E-state index contributed by atoms with van der Waals surface area (Å²) in [4.78, 5) is 30.3. The number of nitrogens with zero attached hydrogens (tertiary/aromatic N) is 2. The molecular formula is C35H37F3N4O2. The van der Waals surface area contributed by atoms with Crippen molar-refractivity contribution in [3.8, 4) is 11.1 Å². The molecule has 0 radical (unpaired) electrons. The van der Waals surface area contributed by atoms with E-state index < -0.39 is 17.8 Å². The van der Waals surface area contributed by atoms with E-state index in [9.17, 15) is 22.8 Å². The van der Waals surface area contributed by atoms with Crippen LogP contribution in [0.4, 0.5) is 24.5 Å². The van der Waals surface area contributed by atoms with Crippen LogP contribution in [0.15, 0.2) is 103 Å². The summed E-state index contributed by atoms with van der Waals surface area (Å²) in [5.74, 6) is -0.389. The van der Waals surface area contributed by atoms with E-state index in [-0.39, 0.29) is 11.8 Å². The molecule has 4 rings (SSSR count). The van der Waals surface area contributed by atoms with Crippen molar-refractivity contribution >= 4 is 23.2 Å². The normalized spacial score (nSPS) is 12.1. The lowest BCUT2D eigenvalue weighted by Crippen LogP contribution is -2.41. The summed E-state index contributed by atoms with van der Waals surface area (Å²) in [6.07, 6.45) is -3.57. The molecule has 1 unspecified atom stereocenters. The first-order chi connectivity index (χ1) is 21.1. The fourth-order valence-electron chi connectivity index (χ4n) is 4.92. The average molecular weight is 603 g/mol. The van der Waals surface area contributed by atoms with E-state index in [0.717, 1.165) is 29.8 Å². The number of nitrogens with one attached hydrogen (secondary N) is 2. The van der Waals surface area contributed by atoms with Gasteiger partial charge in [0.05, 0.1) is 5.56 Å². The Hall–Kier alpha value is -4.63. The quantitative estimate of drug-likeness (QED) is 0.179. The Morgan fingerprint density at radius 3 is 2.07 bits per heavy atom. The molecule has 2 N–H and O–H groups in total. The average Bonchev–Trinajstić information content (AvgIpc) is 3.03. The summed E-state index contributed by atoms with van der Waals surface area (Å²) < 4.78 is 39.0. The molecule has 0 aliphatic carbocycles. The van der Waals surface area contributed by atoms with Crippen LogP contribution in [0.3, 0.4) is 0 Å². The first-order valence-electron chi connectivity index (χ1n) is 14.5. The first-order valence-corrected chi connectivity index (χ1v) is 14.5. The number of rotatable bonds is 12. The van der Waals surface area contributed by atoms with Crippen LogP contribution >= 0.6 is 0 Å². The number of carbonyl (C=O) groups is 2. The predicted octanol–water partition coefficient (Wildman–Crippen LogP) is 7.26. The van der Waals surface area contributed by atoms with E-state index in [1.54, 1.807) is 36.4 Å². The Morgan fingerprint density at radius 1 is 0.795 bits per heavy atom. The van der Waals surface area contributed by atoms with Crippen LogP contribution in [0.2, 0.25) is 0 Å². The lowest BCUT2D eigenvalue weighted by atomic mass is 9.98. The Labute approximate surface area is 256 Å². The van der Waals surface area contributed by atoms with Crippen LogP contribution in [-0.2, 0) is 11.0 Å². The molecule has 4 aromatic carbocycles. The van der Waals surface area contributed by atoms with E-state index >= 15 is 0 Å². The molecule has 6 nitrogen and oxygen atoms in total. The Bertz CT molecular complexity index is 1520. The van der Waals surface area contributed by atoms with Crippen molar-refractivity contribution in [2.24, 2.45) is 0 Å². The van der Waals surface area contributed by atoms with Gasteiger partial charge in [-0.3, -0.25) is 14.5 Å². The van der Waals surface area contributed by atoms with Crippen LogP contribution in [-0.4, -0.2) is 50.4 Å². The maximum Gasteiger partial charge on any atom is 0.416 e. The third kappa shape index (κ3) is 8.26. The zero-order valence-corrected chi connectivity index (χ0v) is 25.1. The minimum absolute atomic E-state index is 0.0248. The van der Waals surface area contributed by atoms with Crippen molar-refractivity contribution in [1.29, 1.82) is 0 Å². The van der Waals surface area contributed by atoms with Gasteiger partial charge in [0.15, 0.2) is 0 Å². The van der Waals surface area contributed by atoms with E-state index in [1.807, 2.05) is 68.4 Å². The van der Waals surface area contributed by atoms with Gasteiger partial charge in [0.2, 0.25) is 5.91 Å². The summed E-state index contributed by atoms with van der Waals surface area (Å²) >= 11 is 0. The van der Waals surface area contributed by atoms with Gasteiger partial charge in [0, 0.05) is 43.6 Å². The molecule has 0 aliphatic heterocycles. The van der Waals surface area contributed by atoms with Crippen LogP contribution in [0, 0.1) is 0 Å². The first kappa shape index (κ1) is 32.3. The number of alkyl halides is 3. The molecular weight excluding hydrogens is 565 g/mol. The van der Waals surface area contributed by atoms with Crippen molar-refractivity contribution in [3.63, 3.8) is 0 Å². The zero-order chi connectivity index (χ0) is 31.7. The molecule has 2 amide bonds. The number of carbonyl (C=O) groups excluding carboxylic acids is 2. The number of anilines is 2. The van der Waals surface area contributed by atoms with Crippen molar-refractivity contribution < 1.29 is 22.8 Å². The standard InChI is InChI=1S/C35H37F3N4O2/c1-4-22-39-34(44)32(26-10-6-5-7-11-26)42(3)24-23-41(2)29-20-18-28(19-21-29)40-33(43)31-13-9-8-12-30(31)25-14-16-27(17-15-25)35(36,37)38/h5-21,32H,4,22-24H2,1-3H3,(H,39,44)(H,40,43). The molecule has 0 aromatic heterocycles. The summed E-state index contributed by atoms with van der Waals surface area (Å²) in [5.41, 5.74) is 3.13. The molecule has 0 saturated carbocycles. The molecule has 230 valence electrons. The highest BCUT2D eigenvalue weighted by atomic mass is 19.4. The fourth-order valence-corrected chi connectivity index (χ4v) is 4.92. The van der Waals surface area contributed by atoms with Gasteiger partial charge >= 0.3 is 6.18 Å². The molecule has 4 aromatic rings. The molecule has 0 bridgehead atoms. The number of likely N-dealkylation sites (N-methyl/N-ethyl adjacent to an activating group) is 2. The Kier molecular flexibility index (Phi) is 10.8. The van der Waals surface area contributed by atoms with Gasteiger partial charge in [0.25, 0.3) is 5.91 Å². The van der Waals surface area contributed by atoms with Gasteiger partial charge in [-0.05, 0) is 72.6 Å². The summed E-state index contributed by atoms with van der Waals surface area (Å²) in [6, 6.07) is 28.3. The molecule has 44 heavy (non-hydrogen) atoms. The fraction of sp³-hybridized carbons (Fsp3) is 0.257. The molecule has 0 fully saturated rings. The van der Waals surface area contributed by atoms with Gasteiger partial charge in [-0.25, -0.2) is 0 Å². The van der Waals surface area contributed by atoms with Gasteiger partial charge in [0.1, 0.15) is 6.04 Å². The van der Waals surface area contributed by atoms with Crippen molar-refractivity contribution in [2.45, 2.75) is 25.6 Å². The maximum atomic E-state index is 13.2. The topological polar surface area (TPSA) is 64.7 Å². The van der Waals surface area contributed by atoms with E-state index in [0.29, 0.717) is 42.0 Å². The van der Waals surface area contributed by atoms with Crippen molar-refractivity contribution in [3.05, 3.63) is 120 Å². The number of amides is 2. The molecule has 0 saturated heterocycles. The summed E-state index contributed by atoms with van der Waals surface area (Å²) in [6.45, 7) is 3.94. The minimum Gasteiger partial charge on any atom is -0.373 e. The molecule has 0 aliphatic rings. The SMILES string of the molecule is CCCNC(=O)C(c1ccccc1)N(C)CCN(C)c1ccc(NC(=O)c2ccccc2-c2ccc(C(F)(F)F)cc2)cc1. The van der Waals surface area contributed by atoms with E-state index in [2.05, 4.69) is 15.5 Å². The predicted molar refractivity (Wildman–Crippen MR) is 170 cm³/mol. The number of hydrogen-bond acceptors (Lipinski definition) is 4. The van der Waals surface area contributed by atoms with Gasteiger partial charge in [-0.15, -0.1) is 0 Å². The molecule has 1 atom stereocenters. The summed E-state index contributed by atoms with van der Waals surface area (Å²) in [5, 5.41) is 5.91. The van der Waals surface area contributed by atoms with Crippen LogP contribution in [0.25, 0.3) is 11.1 Å². The number of benzene rings is 4. The monoisotopic (exact) mass is 602 g/mol. The Morgan fingerprint density at radius 2 is 1.43 bits per heavy atom. The second-order valence-electron chi connectivity index (χ2n) is 10.6. The highest BCUT2D eigenvalue weighted by Crippen LogP contribution is 2.32. The van der Waals surface area contributed by atoms with E-state index in [4.69, 9.17) is 0 Å². The largest absolute Gasteiger partial charge is 0.416 e. The van der Waals surface area contributed by atoms with Crippen LogP contribution in [0.5, 0.6) is 0 Å². The minimum atomic E-state index is -4.43.